The van der Waals surface area contributed by atoms with Gasteiger partial charge in [-0.2, -0.15) is 0 Å². The van der Waals surface area contributed by atoms with Gasteiger partial charge in [-0.05, 0) is 38.0 Å². The van der Waals surface area contributed by atoms with Crippen molar-refractivity contribution in [3.63, 3.8) is 0 Å². The quantitative estimate of drug-likeness (QED) is 0.460. The highest BCUT2D eigenvalue weighted by molar-refractivity contribution is 7.92. The predicted octanol–water partition coefficient (Wildman–Crippen LogP) is 3.48. The minimum absolute atomic E-state index is 0.0117. The second-order valence-corrected chi connectivity index (χ2v) is 11.3. The molecule has 1 aliphatic carbocycles. The molecular formula is C27H36FN3O6S. The van der Waals surface area contributed by atoms with Gasteiger partial charge in [0, 0.05) is 24.2 Å². The molecule has 0 aromatic heterocycles. The summed E-state index contributed by atoms with van der Waals surface area (Å²) >= 11 is 0. The SMILES string of the molecule is COc1ccc(OC)c(N(CC(=O)N(Cc2ccccc2F)C(C)C(=O)NC2CCCCC2)S(C)(=O)=O)c1. The van der Waals surface area contributed by atoms with E-state index in [1.165, 1.54) is 49.5 Å². The van der Waals surface area contributed by atoms with Gasteiger partial charge >= 0.3 is 0 Å². The van der Waals surface area contributed by atoms with Gasteiger partial charge in [-0.25, -0.2) is 12.8 Å². The minimum atomic E-state index is -3.98. The van der Waals surface area contributed by atoms with Crippen molar-refractivity contribution < 1.29 is 31.9 Å². The third-order valence-corrected chi connectivity index (χ3v) is 7.88. The highest BCUT2D eigenvalue weighted by Gasteiger charge is 2.32. The largest absolute Gasteiger partial charge is 0.497 e. The highest BCUT2D eigenvalue weighted by atomic mass is 32.2. The van der Waals surface area contributed by atoms with Gasteiger partial charge in [0.25, 0.3) is 0 Å². The van der Waals surface area contributed by atoms with Gasteiger partial charge in [0.05, 0.1) is 26.2 Å². The van der Waals surface area contributed by atoms with E-state index >= 15 is 0 Å². The van der Waals surface area contributed by atoms with Crippen molar-refractivity contribution in [2.75, 3.05) is 31.3 Å². The number of rotatable bonds is 11. The summed E-state index contributed by atoms with van der Waals surface area (Å²) in [5.41, 5.74) is 0.316. The van der Waals surface area contributed by atoms with Crippen LogP contribution in [0.5, 0.6) is 11.5 Å². The number of benzene rings is 2. The molecule has 0 heterocycles. The van der Waals surface area contributed by atoms with Gasteiger partial charge < -0.3 is 19.7 Å². The number of ether oxygens (including phenoxy) is 2. The first-order valence-electron chi connectivity index (χ1n) is 12.6. The van der Waals surface area contributed by atoms with Crippen LogP contribution in [0.15, 0.2) is 42.5 Å². The number of hydrogen-bond acceptors (Lipinski definition) is 6. The second-order valence-electron chi connectivity index (χ2n) is 9.44. The van der Waals surface area contributed by atoms with Crippen LogP contribution in [0.3, 0.4) is 0 Å². The molecule has 0 aliphatic heterocycles. The van der Waals surface area contributed by atoms with Crippen molar-refractivity contribution in [3.05, 3.63) is 53.8 Å². The number of carbonyl (C=O) groups excluding carboxylic acids is 2. The lowest BCUT2D eigenvalue weighted by Crippen LogP contribution is -2.53. The summed E-state index contributed by atoms with van der Waals surface area (Å²) in [5.74, 6) is -0.987. The van der Waals surface area contributed by atoms with Crippen LogP contribution in [0.2, 0.25) is 0 Å². The van der Waals surface area contributed by atoms with Crippen molar-refractivity contribution in [1.82, 2.24) is 10.2 Å². The second kappa shape index (κ2) is 12.9. The summed E-state index contributed by atoms with van der Waals surface area (Å²) < 4.78 is 51.8. The van der Waals surface area contributed by atoms with E-state index in [2.05, 4.69) is 5.32 Å². The van der Waals surface area contributed by atoms with E-state index in [-0.39, 0.29) is 35.5 Å². The molecule has 1 saturated carbocycles. The third kappa shape index (κ3) is 7.37. The average Bonchev–Trinajstić information content (AvgIpc) is 2.90. The molecule has 0 bridgehead atoms. The van der Waals surface area contributed by atoms with Gasteiger partial charge in [0.1, 0.15) is 29.9 Å². The monoisotopic (exact) mass is 549 g/mol. The third-order valence-electron chi connectivity index (χ3n) is 6.75. The summed E-state index contributed by atoms with van der Waals surface area (Å²) in [7, 11) is -1.16. The molecule has 2 aromatic rings. The topological polar surface area (TPSA) is 105 Å². The Morgan fingerprint density at radius 3 is 2.37 bits per heavy atom. The molecule has 3 rings (SSSR count). The van der Waals surface area contributed by atoms with Crippen LogP contribution >= 0.6 is 0 Å². The van der Waals surface area contributed by atoms with Gasteiger partial charge in [0.15, 0.2) is 0 Å². The fourth-order valence-electron chi connectivity index (χ4n) is 4.55. The number of carbonyl (C=O) groups is 2. The zero-order valence-corrected chi connectivity index (χ0v) is 23.1. The van der Waals surface area contributed by atoms with Crippen molar-refractivity contribution in [3.8, 4) is 11.5 Å². The smallest absolute Gasteiger partial charge is 0.244 e. The van der Waals surface area contributed by atoms with E-state index in [4.69, 9.17) is 9.47 Å². The van der Waals surface area contributed by atoms with Crippen LogP contribution in [0.25, 0.3) is 0 Å². The molecule has 0 spiro atoms. The van der Waals surface area contributed by atoms with Crippen LogP contribution in [0.4, 0.5) is 10.1 Å². The van der Waals surface area contributed by atoms with E-state index in [9.17, 15) is 22.4 Å². The van der Waals surface area contributed by atoms with Crippen LogP contribution < -0.4 is 19.1 Å². The number of methoxy groups -OCH3 is 2. The van der Waals surface area contributed by atoms with Gasteiger partial charge in [-0.15, -0.1) is 0 Å². The summed E-state index contributed by atoms with van der Waals surface area (Å²) in [5, 5.41) is 3.01. The Morgan fingerprint density at radius 1 is 1.08 bits per heavy atom. The Hall–Kier alpha value is -3.34. The first-order chi connectivity index (χ1) is 18.0. The Bertz CT molecular complexity index is 1230. The standard InChI is InChI=1S/C27H36FN3O6S/c1-19(27(33)29-21-11-6-5-7-12-21)30(17-20-10-8-9-13-23(20)28)26(32)18-31(38(4,34)35)24-16-22(36-2)14-15-25(24)37-3/h8-10,13-16,19,21H,5-7,11-12,17-18H2,1-4H3,(H,29,33). The number of hydrogen-bond donors (Lipinski definition) is 1. The normalized spacial score (nSPS) is 14.9. The summed E-state index contributed by atoms with van der Waals surface area (Å²) in [6.45, 7) is 0.725. The molecule has 2 aromatic carbocycles. The van der Waals surface area contributed by atoms with E-state index in [0.29, 0.717) is 5.75 Å². The van der Waals surface area contributed by atoms with Gasteiger partial charge in [-0.1, -0.05) is 37.5 Å². The Morgan fingerprint density at radius 2 is 1.76 bits per heavy atom. The molecular weight excluding hydrogens is 513 g/mol. The van der Waals surface area contributed by atoms with Crippen LogP contribution in [-0.2, 0) is 26.2 Å². The van der Waals surface area contributed by atoms with E-state index in [1.807, 2.05) is 0 Å². The molecule has 11 heteroatoms. The van der Waals surface area contributed by atoms with Crippen molar-refractivity contribution in [1.29, 1.82) is 0 Å². The zero-order chi connectivity index (χ0) is 27.9. The molecule has 0 saturated heterocycles. The molecule has 208 valence electrons. The molecule has 2 amide bonds. The molecule has 1 N–H and O–H groups in total. The summed E-state index contributed by atoms with van der Waals surface area (Å²) in [4.78, 5) is 28.1. The van der Waals surface area contributed by atoms with Crippen molar-refractivity contribution in [2.24, 2.45) is 0 Å². The Kier molecular flexibility index (Phi) is 9.96. The number of sulfonamides is 1. The number of anilines is 1. The van der Waals surface area contributed by atoms with E-state index < -0.39 is 34.3 Å². The summed E-state index contributed by atoms with van der Waals surface area (Å²) in [6.07, 6.45) is 5.84. The number of amides is 2. The molecule has 1 aliphatic rings. The van der Waals surface area contributed by atoms with Gasteiger partial charge in [-0.3, -0.25) is 13.9 Å². The lowest BCUT2D eigenvalue weighted by atomic mass is 9.95. The number of nitrogens with zero attached hydrogens (tertiary/aromatic N) is 2. The predicted molar refractivity (Wildman–Crippen MR) is 143 cm³/mol. The lowest BCUT2D eigenvalue weighted by molar-refractivity contribution is -0.139. The van der Waals surface area contributed by atoms with Crippen LogP contribution in [0, 0.1) is 5.82 Å². The molecule has 9 nitrogen and oxygen atoms in total. The maximum absolute atomic E-state index is 14.6. The molecule has 1 unspecified atom stereocenters. The maximum atomic E-state index is 14.6. The van der Waals surface area contributed by atoms with E-state index in [0.717, 1.165) is 42.7 Å². The Balaban J connectivity index is 1.94. The first-order valence-corrected chi connectivity index (χ1v) is 14.4. The number of halogens is 1. The number of nitrogens with one attached hydrogen (secondary N) is 1. The lowest BCUT2D eigenvalue weighted by Gasteiger charge is -2.33. The molecule has 0 radical (unpaired) electrons. The fourth-order valence-corrected chi connectivity index (χ4v) is 5.39. The van der Waals surface area contributed by atoms with Crippen LogP contribution in [0.1, 0.15) is 44.6 Å². The van der Waals surface area contributed by atoms with E-state index in [1.54, 1.807) is 19.1 Å². The molecule has 1 atom stereocenters. The highest BCUT2D eigenvalue weighted by Crippen LogP contribution is 2.34. The average molecular weight is 550 g/mol. The first kappa shape index (κ1) is 29.2. The van der Waals surface area contributed by atoms with Crippen LogP contribution in [-0.4, -0.2) is 64.2 Å². The zero-order valence-electron chi connectivity index (χ0n) is 22.3. The van der Waals surface area contributed by atoms with Gasteiger partial charge in [0.2, 0.25) is 21.8 Å². The molecule has 1 fully saturated rings. The fraction of sp³-hybridized carbons (Fsp3) is 0.481. The minimum Gasteiger partial charge on any atom is -0.497 e. The maximum Gasteiger partial charge on any atom is 0.244 e. The van der Waals surface area contributed by atoms with Crippen molar-refractivity contribution >= 4 is 27.5 Å². The van der Waals surface area contributed by atoms with Crippen molar-refractivity contribution in [2.45, 2.75) is 57.7 Å². The summed E-state index contributed by atoms with van der Waals surface area (Å²) in [6, 6.07) is 9.60. The Labute approximate surface area is 224 Å². The molecule has 38 heavy (non-hydrogen) atoms.